The molecule has 0 bridgehead atoms. The fraction of sp³-hybridized carbons (Fsp3) is 0.417. The first kappa shape index (κ1) is 23.8. The molecule has 3 rings (SSSR count). The first-order chi connectivity index (χ1) is 15.4. The van der Waals surface area contributed by atoms with Crippen molar-refractivity contribution in [3.63, 3.8) is 0 Å². The lowest BCUT2D eigenvalue weighted by Crippen LogP contribution is -2.36. The minimum Gasteiger partial charge on any atom is -0.494 e. The third-order valence-corrected chi connectivity index (χ3v) is 7.44. The van der Waals surface area contributed by atoms with Crippen molar-refractivity contribution in [2.45, 2.75) is 44.4 Å². The van der Waals surface area contributed by atoms with E-state index in [0.29, 0.717) is 42.3 Å². The molecular weight excluding hydrogens is 426 g/mol. The molecule has 0 radical (unpaired) electrons. The Labute approximate surface area is 190 Å². The van der Waals surface area contributed by atoms with Crippen LogP contribution in [0, 0.1) is 18.3 Å². The maximum atomic E-state index is 13.5. The first-order valence-corrected chi connectivity index (χ1v) is 12.3. The van der Waals surface area contributed by atoms with Crippen LogP contribution in [0.25, 0.3) is 0 Å². The van der Waals surface area contributed by atoms with Crippen LogP contribution in [-0.4, -0.2) is 44.9 Å². The lowest BCUT2D eigenvalue weighted by molar-refractivity contribution is 0.0986. The average Bonchev–Trinajstić information content (AvgIpc) is 2.81. The van der Waals surface area contributed by atoms with Crippen LogP contribution in [0.15, 0.2) is 47.4 Å². The predicted molar refractivity (Wildman–Crippen MR) is 123 cm³/mol. The summed E-state index contributed by atoms with van der Waals surface area (Å²) in [5, 5.41) is 9.09. The molecule has 1 saturated heterocycles. The summed E-state index contributed by atoms with van der Waals surface area (Å²) in [6, 6.07) is 13.9. The van der Waals surface area contributed by atoms with Crippen LogP contribution < -0.4 is 9.64 Å². The van der Waals surface area contributed by atoms with Crippen molar-refractivity contribution in [3.05, 3.63) is 53.6 Å². The summed E-state index contributed by atoms with van der Waals surface area (Å²) in [6.45, 7) is 5.41. The number of nitrogens with zero attached hydrogens (tertiary/aromatic N) is 3. The van der Waals surface area contributed by atoms with Gasteiger partial charge in [0.25, 0.3) is 5.91 Å². The maximum absolute atomic E-state index is 13.5. The topological polar surface area (TPSA) is 90.7 Å². The number of ether oxygens (including phenoxy) is 1. The van der Waals surface area contributed by atoms with Gasteiger partial charge in [-0.1, -0.05) is 12.5 Å². The van der Waals surface area contributed by atoms with E-state index >= 15 is 0 Å². The number of carbonyl (C=O) groups is 1. The van der Waals surface area contributed by atoms with Gasteiger partial charge in [-0.2, -0.15) is 9.57 Å². The zero-order valence-corrected chi connectivity index (χ0v) is 19.4. The summed E-state index contributed by atoms with van der Waals surface area (Å²) in [4.78, 5) is 15.2. The standard InChI is InChI=1S/C24H29N3O4S/c1-3-31-21-11-9-20(10-12-21)27(17-7-14-25)24(28)23-18-22(13-8-19(23)2)32(29,30)26-15-5-4-6-16-26/h8-13,18H,3-7,15-17H2,1-2H3. The fourth-order valence-electron chi connectivity index (χ4n) is 3.79. The van der Waals surface area contributed by atoms with Crippen LogP contribution >= 0.6 is 0 Å². The lowest BCUT2D eigenvalue weighted by atomic mass is 10.1. The van der Waals surface area contributed by atoms with E-state index in [1.165, 1.54) is 15.3 Å². The number of benzene rings is 2. The van der Waals surface area contributed by atoms with Gasteiger partial charge >= 0.3 is 0 Å². The Bertz CT molecular complexity index is 1090. The number of nitriles is 1. The summed E-state index contributed by atoms with van der Waals surface area (Å²) in [7, 11) is -3.66. The maximum Gasteiger partial charge on any atom is 0.258 e. The molecule has 32 heavy (non-hydrogen) atoms. The van der Waals surface area contributed by atoms with Gasteiger partial charge in [0.2, 0.25) is 10.0 Å². The minimum absolute atomic E-state index is 0.125. The van der Waals surface area contributed by atoms with Crippen molar-refractivity contribution in [2.75, 3.05) is 31.1 Å². The summed E-state index contributed by atoms with van der Waals surface area (Å²) < 4.78 is 33.2. The van der Waals surface area contributed by atoms with Crippen molar-refractivity contribution < 1.29 is 17.9 Å². The van der Waals surface area contributed by atoms with E-state index in [9.17, 15) is 13.2 Å². The summed E-state index contributed by atoms with van der Waals surface area (Å²) in [5.41, 5.74) is 1.62. The number of carbonyl (C=O) groups excluding carboxylic acids is 1. The molecular formula is C24H29N3O4S. The molecule has 1 aliphatic heterocycles. The van der Waals surface area contributed by atoms with E-state index in [0.717, 1.165) is 19.3 Å². The van der Waals surface area contributed by atoms with Crippen molar-refractivity contribution >= 4 is 21.6 Å². The van der Waals surface area contributed by atoms with Crippen molar-refractivity contribution in [1.29, 1.82) is 5.26 Å². The number of hydrogen-bond donors (Lipinski definition) is 0. The Kier molecular flexibility index (Phi) is 7.89. The molecule has 0 saturated carbocycles. The molecule has 2 aromatic carbocycles. The number of anilines is 1. The number of sulfonamides is 1. The largest absolute Gasteiger partial charge is 0.494 e. The lowest BCUT2D eigenvalue weighted by Gasteiger charge is -2.27. The van der Waals surface area contributed by atoms with Crippen LogP contribution in [0.2, 0.25) is 0 Å². The SMILES string of the molecule is CCOc1ccc(N(CCC#N)C(=O)c2cc(S(=O)(=O)N3CCCCC3)ccc2C)cc1. The smallest absolute Gasteiger partial charge is 0.258 e. The summed E-state index contributed by atoms with van der Waals surface area (Å²) >= 11 is 0. The zero-order chi connectivity index (χ0) is 23.1. The highest BCUT2D eigenvalue weighted by Gasteiger charge is 2.28. The van der Waals surface area contributed by atoms with Gasteiger partial charge in [-0.15, -0.1) is 0 Å². The second-order valence-electron chi connectivity index (χ2n) is 7.73. The highest BCUT2D eigenvalue weighted by molar-refractivity contribution is 7.89. The van der Waals surface area contributed by atoms with Gasteiger partial charge in [0, 0.05) is 30.9 Å². The third kappa shape index (κ3) is 5.29. The number of hydrogen-bond acceptors (Lipinski definition) is 5. The van der Waals surface area contributed by atoms with Crippen molar-refractivity contribution in [3.8, 4) is 11.8 Å². The van der Waals surface area contributed by atoms with Crippen LogP contribution in [-0.2, 0) is 10.0 Å². The molecule has 0 aromatic heterocycles. The zero-order valence-electron chi connectivity index (χ0n) is 18.6. The van der Waals surface area contributed by atoms with E-state index in [1.54, 1.807) is 43.3 Å². The van der Waals surface area contributed by atoms with E-state index in [2.05, 4.69) is 6.07 Å². The molecule has 170 valence electrons. The van der Waals surface area contributed by atoms with Crippen molar-refractivity contribution in [1.82, 2.24) is 4.31 Å². The fourth-order valence-corrected chi connectivity index (χ4v) is 5.33. The van der Waals surface area contributed by atoms with E-state index in [-0.39, 0.29) is 23.8 Å². The Morgan fingerprint density at radius 2 is 1.81 bits per heavy atom. The predicted octanol–water partition coefficient (Wildman–Crippen LogP) is 4.13. The Balaban J connectivity index is 1.95. The van der Waals surface area contributed by atoms with E-state index in [4.69, 9.17) is 10.00 Å². The van der Waals surface area contributed by atoms with Gasteiger partial charge in [0.1, 0.15) is 5.75 Å². The van der Waals surface area contributed by atoms with Gasteiger partial charge in [-0.25, -0.2) is 8.42 Å². The average molecular weight is 456 g/mol. The highest BCUT2D eigenvalue weighted by Crippen LogP contribution is 2.26. The Morgan fingerprint density at radius 3 is 2.44 bits per heavy atom. The quantitative estimate of drug-likeness (QED) is 0.597. The molecule has 1 heterocycles. The number of rotatable bonds is 8. The van der Waals surface area contributed by atoms with Crippen LogP contribution in [0.1, 0.15) is 48.5 Å². The molecule has 0 unspecified atom stereocenters. The second-order valence-corrected chi connectivity index (χ2v) is 9.67. The molecule has 0 N–H and O–H groups in total. The molecule has 7 nitrogen and oxygen atoms in total. The molecule has 8 heteroatoms. The Hall–Kier alpha value is -2.89. The molecule has 0 spiro atoms. The van der Waals surface area contributed by atoms with Gasteiger partial charge < -0.3 is 9.64 Å². The number of piperidine rings is 1. The minimum atomic E-state index is -3.66. The van der Waals surface area contributed by atoms with Crippen LogP contribution in [0.3, 0.4) is 0 Å². The van der Waals surface area contributed by atoms with E-state index in [1.807, 2.05) is 6.92 Å². The Morgan fingerprint density at radius 1 is 1.12 bits per heavy atom. The third-order valence-electron chi connectivity index (χ3n) is 5.54. The normalized spacial score (nSPS) is 14.5. The highest BCUT2D eigenvalue weighted by atomic mass is 32.2. The monoisotopic (exact) mass is 455 g/mol. The molecule has 0 aliphatic carbocycles. The summed E-state index contributed by atoms with van der Waals surface area (Å²) in [6.07, 6.45) is 2.87. The van der Waals surface area contributed by atoms with Crippen molar-refractivity contribution in [2.24, 2.45) is 0 Å². The van der Waals surface area contributed by atoms with Crippen LogP contribution in [0.4, 0.5) is 5.69 Å². The van der Waals surface area contributed by atoms with Crippen LogP contribution in [0.5, 0.6) is 5.75 Å². The summed E-state index contributed by atoms with van der Waals surface area (Å²) in [5.74, 6) is 0.354. The molecule has 1 amide bonds. The van der Waals surface area contributed by atoms with Gasteiger partial charge in [0.15, 0.2) is 0 Å². The first-order valence-electron chi connectivity index (χ1n) is 10.9. The number of aryl methyl sites for hydroxylation is 1. The molecule has 0 atom stereocenters. The molecule has 1 aliphatic rings. The number of amides is 1. The van der Waals surface area contributed by atoms with E-state index < -0.39 is 10.0 Å². The van der Waals surface area contributed by atoms with Gasteiger partial charge in [-0.3, -0.25) is 4.79 Å². The second kappa shape index (κ2) is 10.6. The molecule has 1 fully saturated rings. The van der Waals surface area contributed by atoms with Gasteiger partial charge in [0.05, 0.1) is 24.0 Å². The van der Waals surface area contributed by atoms with Gasteiger partial charge in [-0.05, 0) is 68.7 Å². The molecule has 2 aromatic rings.